The highest BCUT2D eigenvalue weighted by Crippen LogP contribution is 2.30. The lowest BCUT2D eigenvalue weighted by Gasteiger charge is -2.42. The number of amides is 2. The van der Waals surface area contributed by atoms with Crippen LogP contribution in [0.5, 0.6) is 0 Å². The Kier molecular flexibility index (Phi) is 5.39. The number of piperazine rings is 1. The molecule has 2 saturated heterocycles. The number of nitrogens with zero attached hydrogens (tertiary/aromatic N) is 3. The zero-order chi connectivity index (χ0) is 18.0. The third-order valence-corrected chi connectivity index (χ3v) is 5.28. The van der Waals surface area contributed by atoms with Gasteiger partial charge in [0.1, 0.15) is 6.61 Å². The molecule has 6 nitrogen and oxygen atoms in total. The van der Waals surface area contributed by atoms with E-state index in [4.69, 9.17) is 4.74 Å². The van der Waals surface area contributed by atoms with Crippen LogP contribution in [-0.2, 0) is 14.3 Å². The Morgan fingerprint density at radius 1 is 1.16 bits per heavy atom. The number of aryl methyl sites for hydroxylation is 1. The molecule has 1 aromatic carbocycles. The number of carbonyl (C=O) groups excluding carboxylic acids is 2. The molecule has 0 aliphatic carbocycles. The van der Waals surface area contributed by atoms with Crippen molar-refractivity contribution < 1.29 is 14.3 Å². The van der Waals surface area contributed by atoms with Crippen molar-refractivity contribution in [2.75, 3.05) is 46.4 Å². The number of hydrogen-bond donors (Lipinski definition) is 0. The molecule has 2 aliphatic rings. The quantitative estimate of drug-likeness (QED) is 0.822. The molecule has 0 unspecified atom stereocenters. The summed E-state index contributed by atoms with van der Waals surface area (Å²) in [5.41, 5.74) is 2.08. The van der Waals surface area contributed by atoms with Gasteiger partial charge < -0.3 is 19.4 Å². The van der Waals surface area contributed by atoms with E-state index in [1.54, 1.807) is 11.9 Å². The third-order valence-electron chi connectivity index (χ3n) is 5.28. The molecule has 2 heterocycles. The van der Waals surface area contributed by atoms with Crippen LogP contribution in [-0.4, -0.2) is 79.0 Å². The minimum absolute atomic E-state index is 0.0133. The highest BCUT2D eigenvalue weighted by Gasteiger charge is 2.42. The molecular weight excluding hydrogens is 318 g/mol. The highest BCUT2D eigenvalue weighted by molar-refractivity contribution is 5.86. The van der Waals surface area contributed by atoms with Crippen molar-refractivity contribution in [1.29, 1.82) is 0 Å². The lowest BCUT2D eigenvalue weighted by atomic mass is 9.96. The minimum atomic E-state index is -0.640. The van der Waals surface area contributed by atoms with E-state index in [-0.39, 0.29) is 24.5 Å². The molecule has 2 fully saturated rings. The van der Waals surface area contributed by atoms with E-state index in [1.165, 1.54) is 0 Å². The van der Waals surface area contributed by atoms with E-state index in [1.807, 2.05) is 36.1 Å². The van der Waals surface area contributed by atoms with E-state index >= 15 is 0 Å². The fourth-order valence-electron chi connectivity index (χ4n) is 3.55. The van der Waals surface area contributed by atoms with Gasteiger partial charge in [0.25, 0.3) is 5.91 Å². The molecule has 2 atom stereocenters. The predicted molar refractivity (Wildman–Crippen MR) is 95.1 cm³/mol. The van der Waals surface area contributed by atoms with Crippen LogP contribution in [0.2, 0.25) is 0 Å². The maximum absolute atomic E-state index is 13.1. The van der Waals surface area contributed by atoms with Crippen molar-refractivity contribution in [2.45, 2.75) is 26.0 Å². The van der Waals surface area contributed by atoms with Crippen molar-refractivity contribution >= 4 is 11.8 Å². The molecule has 0 spiro atoms. The normalized spacial score (nSPS) is 25.3. The van der Waals surface area contributed by atoms with Crippen molar-refractivity contribution in [3.63, 3.8) is 0 Å². The van der Waals surface area contributed by atoms with Gasteiger partial charge in [-0.25, -0.2) is 0 Å². The first-order valence-electron chi connectivity index (χ1n) is 8.96. The molecule has 1 aromatic rings. The number of likely N-dealkylation sites (N-methyl/N-ethyl adjacent to an activating group) is 2. The van der Waals surface area contributed by atoms with E-state index in [2.05, 4.69) is 11.8 Å². The Bertz CT molecular complexity index is 623. The summed E-state index contributed by atoms with van der Waals surface area (Å²) in [7, 11) is 1.75. The first-order chi connectivity index (χ1) is 12.0. The largest absolute Gasteiger partial charge is 0.356 e. The van der Waals surface area contributed by atoms with Gasteiger partial charge in [0.2, 0.25) is 5.91 Å². The Balaban J connectivity index is 1.81. The second-order valence-corrected chi connectivity index (χ2v) is 6.85. The molecule has 0 saturated carbocycles. The van der Waals surface area contributed by atoms with Gasteiger partial charge in [0.15, 0.2) is 6.10 Å². The molecule has 6 heteroatoms. The molecule has 2 amide bonds. The third kappa shape index (κ3) is 3.70. The second kappa shape index (κ2) is 7.54. The molecule has 2 aliphatic heterocycles. The molecular formula is C19H27N3O3. The predicted octanol–water partition coefficient (Wildman–Crippen LogP) is 1.06. The van der Waals surface area contributed by atoms with Crippen LogP contribution in [0.1, 0.15) is 24.1 Å². The molecule has 0 N–H and O–H groups in total. The maximum Gasteiger partial charge on any atom is 0.254 e. The topological polar surface area (TPSA) is 53.1 Å². The van der Waals surface area contributed by atoms with Gasteiger partial charge in [-0.1, -0.05) is 36.8 Å². The summed E-state index contributed by atoms with van der Waals surface area (Å²) in [6.45, 7) is 8.32. The lowest BCUT2D eigenvalue weighted by molar-refractivity contribution is -0.168. The van der Waals surface area contributed by atoms with Gasteiger partial charge in [0, 0.05) is 33.2 Å². The highest BCUT2D eigenvalue weighted by atomic mass is 16.5. The average Bonchev–Trinajstić information content (AvgIpc) is 2.64. The van der Waals surface area contributed by atoms with Crippen LogP contribution < -0.4 is 0 Å². The number of rotatable bonds is 3. The minimum Gasteiger partial charge on any atom is -0.356 e. The Hall–Kier alpha value is -1.92. The zero-order valence-electron chi connectivity index (χ0n) is 15.3. The Morgan fingerprint density at radius 2 is 1.80 bits per heavy atom. The summed E-state index contributed by atoms with van der Waals surface area (Å²) >= 11 is 0. The van der Waals surface area contributed by atoms with Gasteiger partial charge in [-0.3, -0.25) is 9.59 Å². The Morgan fingerprint density at radius 3 is 2.40 bits per heavy atom. The van der Waals surface area contributed by atoms with Gasteiger partial charge in [-0.15, -0.1) is 0 Å². The molecule has 136 valence electrons. The second-order valence-electron chi connectivity index (χ2n) is 6.85. The smallest absolute Gasteiger partial charge is 0.254 e. The molecule has 0 aromatic heterocycles. The van der Waals surface area contributed by atoms with E-state index in [0.717, 1.165) is 30.8 Å². The fourth-order valence-corrected chi connectivity index (χ4v) is 3.55. The monoisotopic (exact) mass is 345 g/mol. The number of morpholine rings is 1. The lowest BCUT2D eigenvalue weighted by Crippen LogP contribution is -2.57. The maximum atomic E-state index is 13.1. The van der Waals surface area contributed by atoms with Crippen LogP contribution in [0.3, 0.4) is 0 Å². The van der Waals surface area contributed by atoms with Crippen LogP contribution in [0.15, 0.2) is 24.3 Å². The first kappa shape index (κ1) is 17.9. The van der Waals surface area contributed by atoms with Crippen molar-refractivity contribution in [1.82, 2.24) is 14.7 Å². The molecule has 0 bridgehead atoms. The van der Waals surface area contributed by atoms with Gasteiger partial charge in [-0.05, 0) is 19.0 Å². The number of carbonyl (C=O) groups is 2. The van der Waals surface area contributed by atoms with E-state index in [9.17, 15) is 9.59 Å². The van der Waals surface area contributed by atoms with Crippen molar-refractivity contribution in [2.24, 2.45) is 0 Å². The zero-order valence-corrected chi connectivity index (χ0v) is 15.3. The summed E-state index contributed by atoms with van der Waals surface area (Å²) in [4.78, 5) is 31.1. The fraction of sp³-hybridized carbons (Fsp3) is 0.579. The number of hydrogen-bond acceptors (Lipinski definition) is 4. The Labute approximate surface area is 149 Å². The standard InChI is InChI=1S/C19H27N3O3/c1-4-21-9-11-22(12-10-21)19(24)18-17(20(3)16(23)13-25-18)15-7-5-14(2)6-8-15/h5-8,17-18H,4,9-13H2,1-3H3/t17-,18+/m0/s1. The van der Waals surface area contributed by atoms with Crippen LogP contribution in [0, 0.1) is 6.92 Å². The SMILES string of the molecule is CCN1CCN(C(=O)[C@@H]2OCC(=O)N(C)[C@H]2c2ccc(C)cc2)CC1. The summed E-state index contributed by atoms with van der Waals surface area (Å²) in [5, 5.41) is 0. The number of benzene rings is 1. The van der Waals surface area contributed by atoms with Crippen LogP contribution in [0.25, 0.3) is 0 Å². The van der Waals surface area contributed by atoms with E-state index < -0.39 is 6.10 Å². The van der Waals surface area contributed by atoms with Gasteiger partial charge >= 0.3 is 0 Å². The van der Waals surface area contributed by atoms with Crippen molar-refractivity contribution in [3.8, 4) is 0 Å². The number of ether oxygens (including phenoxy) is 1. The summed E-state index contributed by atoms with van der Waals surface area (Å²) < 4.78 is 5.73. The summed E-state index contributed by atoms with van der Waals surface area (Å²) in [6, 6.07) is 7.59. The average molecular weight is 345 g/mol. The van der Waals surface area contributed by atoms with Gasteiger partial charge in [-0.2, -0.15) is 0 Å². The summed E-state index contributed by atoms with van der Waals surface area (Å²) in [5.74, 6) is -0.105. The van der Waals surface area contributed by atoms with Gasteiger partial charge in [0.05, 0.1) is 6.04 Å². The van der Waals surface area contributed by atoms with Crippen LogP contribution >= 0.6 is 0 Å². The summed E-state index contributed by atoms with van der Waals surface area (Å²) in [6.07, 6.45) is -0.640. The molecule has 0 radical (unpaired) electrons. The van der Waals surface area contributed by atoms with Crippen LogP contribution in [0.4, 0.5) is 0 Å². The molecule has 3 rings (SSSR count). The molecule has 25 heavy (non-hydrogen) atoms. The van der Waals surface area contributed by atoms with Crippen molar-refractivity contribution in [3.05, 3.63) is 35.4 Å². The van der Waals surface area contributed by atoms with E-state index in [0.29, 0.717) is 13.1 Å². The first-order valence-corrected chi connectivity index (χ1v) is 8.96.